The lowest BCUT2D eigenvalue weighted by molar-refractivity contribution is -0.120. The van der Waals surface area contributed by atoms with E-state index in [0.29, 0.717) is 6.42 Å². The maximum Gasteiger partial charge on any atom is 0.224 e. The first-order chi connectivity index (χ1) is 11.8. The zero-order chi connectivity index (χ0) is 16.6. The summed E-state index contributed by atoms with van der Waals surface area (Å²) in [5, 5.41) is 3.03. The number of nitrogens with one attached hydrogen (secondary N) is 1. The summed E-state index contributed by atoms with van der Waals surface area (Å²) >= 11 is 0. The lowest BCUT2D eigenvalue weighted by Gasteiger charge is -2.28. The van der Waals surface area contributed by atoms with Crippen LogP contribution >= 0.6 is 0 Å². The Morgan fingerprint density at radius 2 is 1.71 bits per heavy atom. The number of hydrogen-bond acceptors (Lipinski definition) is 2. The lowest BCUT2D eigenvalue weighted by Crippen LogP contribution is -2.32. The Hall–Kier alpha value is -2.13. The van der Waals surface area contributed by atoms with Crippen molar-refractivity contribution in [2.45, 2.75) is 32.2 Å². The number of hydrogen-bond donors (Lipinski definition) is 1. The molecule has 126 valence electrons. The molecule has 1 aliphatic heterocycles. The highest BCUT2D eigenvalue weighted by atomic mass is 16.1. The van der Waals surface area contributed by atoms with Gasteiger partial charge in [-0.05, 0) is 42.5 Å². The summed E-state index contributed by atoms with van der Waals surface area (Å²) in [4.78, 5) is 14.4. The van der Waals surface area contributed by atoms with Crippen LogP contribution in [0.3, 0.4) is 0 Å². The number of amides is 1. The molecule has 1 amide bonds. The summed E-state index contributed by atoms with van der Waals surface area (Å²) in [7, 11) is 0. The van der Waals surface area contributed by atoms with E-state index in [4.69, 9.17) is 0 Å². The Morgan fingerprint density at radius 3 is 2.54 bits per heavy atom. The molecule has 1 aliphatic rings. The van der Waals surface area contributed by atoms with Gasteiger partial charge < -0.3 is 5.32 Å². The molecule has 1 N–H and O–H groups in total. The minimum Gasteiger partial charge on any atom is -0.356 e. The van der Waals surface area contributed by atoms with E-state index in [-0.39, 0.29) is 5.91 Å². The lowest BCUT2D eigenvalue weighted by atomic mass is 10.00. The maximum absolute atomic E-state index is 11.9. The number of carbonyl (C=O) groups is 1. The van der Waals surface area contributed by atoms with Crippen molar-refractivity contribution in [3.63, 3.8) is 0 Å². The SMILES string of the molecule is O=C(Cc1ccccc1)NCCCCN1CCc2ccccc2C1. The number of fused-ring (bicyclic) bond motifs is 1. The van der Waals surface area contributed by atoms with Crippen LogP contribution in [0, 0.1) is 0 Å². The van der Waals surface area contributed by atoms with Crippen LogP contribution in [0.4, 0.5) is 0 Å². The van der Waals surface area contributed by atoms with E-state index in [1.165, 1.54) is 11.1 Å². The van der Waals surface area contributed by atoms with E-state index in [2.05, 4.69) is 34.5 Å². The number of benzene rings is 2. The predicted octanol–water partition coefficient (Wildman–Crippen LogP) is 3.18. The van der Waals surface area contributed by atoms with Crippen LogP contribution in [-0.4, -0.2) is 30.4 Å². The smallest absolute Gasteiger partial charge is 0.224 e. The van der Waals surface area contributed by atoms with E-state index >= 15 is 0 Å². The fourth-order valence-corrected chi connectivity index (χ4v) is 3.28. The molecule has 0 spiro atoms. The molecule has 2 aromatic carbocycles. The summed E-state index contributed by atoms with van der Waals surface area (Å²) in [6.07, 6.45) is 3.81. The first-order valence-corrected chi connectivity index (χ1v) is 8.91. The zero-order valence-corrected chi connectivity index (χ0v) is 14.2. The highest BCUT2D eigenvalue weighted by Crippen LogP contribution is 2.18. The monoisotopic (exact) mass is 322 g/mol. The molecule has 0 saturated carbocycles. The Morgan fingerprint density at radius 1 is 0.958 bits per heavy atom. The van der Waals surface area contributed by atoms with Gasteiger partial charge >= 0.3 is 0 Å². The third-order valence-electron chi connectivity index (χ3n) is 4.64. The van der Waals surface area contributed by atoms with Gasteiger partial charge in [0.15, 0.2) is 0 Å². The van der Waals surface area contributed by atoms with Crippen molar-refractivity contribution in [1.29, 1.82) is 0 Å². The van der Waals surface area contributed by atoms with Gasteiger partial charge in [0.2, 0.25) is 5.91 Å². The molecule has 0 atom stereocenters. The topological polar surface area (TPSA) is 32.3 Å². The van der Waals surface area contributed by atoms with Gasteiger partial charge in [-0.1, -0.05) is 54.6 Å². The van der Waals surface area contributed by atoms with Gasteiger partial charge in [-0.25, -0.2) is 0 Å². The van der Waals surface area contributed by atoms with Crippen LogP contribution in [0.2, 0.25) is 0 Å². The highest BCUT2D eigenvalue weighted by molar-refractivity contribution is 5.78. The summed E-state index contributed by atoms with van der Waals surface area (Å²) < 4.78 is 0. The highest BCUT2D eigenvalue weighted by Gasteiger charge is 2.14. The van der Waals surface area contributed by atoms with Crippen molar-refractivity contribution in [1.82, 2.24) is 10.2 Å². The van der Waals surface area contributed by atoms with E-state index < -0.39 is 0 Å². The molecule has 24 heavy (non-hydrogen) atoms. The van der Waals surface area contributed by atoms with Crippen molar-refractivity contribution in [2.75, 3.05) is 19.6 Å². The van der Waals surface area contributed by atoms with Gasteiger partial charge in [-0.3, -0.25) is 9.69 Å². The van der Waals surface area contributed by atoms with Crippen LogP contribution in [0.1, 0.15) is 29.5 Å². The third-order valence-corrected chi connectivity index (χ3v) is 4.64. The number of carbonyl (C=O) groups excluding carboxylic acids is 1. The fraction of sp³-hybridized carbons (Fsp3) is 0.381. The van der Waals surface area contributed by atoms with Crippen LogP contribution in [0.15, 0.2) is 54.6 Å². The summed E-state index contributed by atoms with van der Waals surface area (Å²) in [5.74, 6) is 0.119. The molecule has 0 saturated heterocycles. The standard InChI is InChI=1S/C21H26N2O/c24-21(16-18-8-2-1-3-9-18)22-13-6-7-14-23-15-12-19-10-4-5-11-20(19)17-23/h1-5,8-11H,6-7,12-17H2,(H,22,24). The van der Waals surface area contributed by atoms with Gasteiger partial charge in [0.1, 0.15) is 0 Å². The first kappa shape index (κ1) is 16.7. The second-order valence-electron chi connectivity index (χ2n) is 6.51. The maximum atomic E-state index is 11.9. The number of rotatable bonds is 7. The zero-order valence-electron chi connectivity index (χ0n) is 14.2. The van der Waals surface area contributed by atoms with Crippen molar-refractivity contribution >= 4 is 5.91 Å². The Labute approximate surface area is 144 Å². The molecule has 1 heterocycles. The molecule has 0 fully saturated rings. The van der Waals surface area contributed by atoms with Crippen molar-refractivity contribution in [2.24, 2.45) is 0 Å². The average molecular weight is 322 g/mol. The molecule has 3 nitrogen and oxygen atoms in total. The van der Waals surface area contributed by atoms with Crippen molar-refractivity contribution in [3.05, 3.63) is 71.3 Å². The van der Waals surface area contributed by atoms with E-state index in [0.717, 1.165) is 51.0 Å². The summed E-state index contributed by atoms with van der Waals surface area (Å²) in [5.41, 5.74) is 4.05. The van der Waals surface area contributed by atoms with Crippen LogP contribution in [-0.2, 0) is 24.2 Å². The van der Waals surface area contributed by atoms with Crippen LogP contribution in [0.5, 0.6) is 0 Å². The molecule has 0 radical (unpaired) electrons. The quantitative estimate of drug-likeness (QED) is 0.794. The van der Waals surface area contributed by atoms with Crippen LogP contribution < -0.4 is 5.32 Å². The minimum atomic E-state index is 0.119. The largest absolute Gasteiger partial charge is 0.356 e. The molecule has 2 aromatic rings. The van der Waals surface area contributed by atoms with Crippen molar-refractivity contribution in [3.8, 4) is 0 Å². The summed E-state index contributed by atoms with van der Waals surface area (Å²) in [6.45, 7) is 4.10. The summed E-state index contributed by atoms with van der Waals surface area (Å²) in [6, 6.07) is 18.7. The second kappa shape index (κ2) is 8.65. The molecule has 0 aliphatic carbocycles. The van der Waals surface area contributed by atoms with Gasteiger partial charge in [-0.15, -0.1) is 0 Å². The van der Waals surface area contributed by atoms with E-state index in [1.54, 1.807) is 0 Å². The van der Waals surface area contributed by atoms with E-state index in [1.807, 2.05) is 30.3 Å². The van der Waals surface area contributed by atoms with Gasteiger partial charge in [0.05, 0.1) is 6.42 Å². The first-order valence-electron chi connectivity index (χ1n) is 8.91. The normalized spacial score (nSPS) is 14.2. The Kier molecular flexibility index (Phi) is 6.02. The number of nitrogens with zero attached hydrogens (tertiary/aromatic N) is 1. The fourth-order valence-electron chi connectivity index (χ4n) is 3.28. The molecule has 0 bridgehead atoms. The molecular weight excluding hydrogens is 296 g/mol. The van der Waals surface area contributed by atoms with Crippen LogP contribution in [0.25, 0.3) is 0 Å². The molecule has 0 unspecified atom stereocenters. The van der Waals surface area contributed by atoms with Crippen molar-refractivity contribution < 1.29 is 4.79 Å². The predicted molar refractivity (Wildman–Crippen MR) is 97.8 cm³/mol. The molecule has 3 heteroatoms. The Balaban J connectivity index is 1.30. The Bertz CT molecular complexity index is 654. The van der Waals surface area contributed by atoms with Gasteiger partial charge in [-0.2, -0.15) is 0 Å². The molecule has 0 aromatic heterocycles. The second-order valence-corrected chi connectivity index (χ2v) is 6.51. The molecular formula is C21H26N2O. The third kappa shape index (κ3) is 4.93. The van der Waals surface area contributed by atoms with Gasteiger partial charge in [0.25, 0.3) is 0 Å². The molecule has 3 rings (SSSR count). The van der Waals surface area contributed by atoms with Gasteiger partial charge in [0, 0.05) is 19.6 Å². The van der Waals surface area contributed by atoms with E-state index in [9.17, 15) is 4.79 Å². The number of unbranched alkanes of at least 4 members (excludes halogenated alkanes) is 1. The minimum absolute atomic E-state index is 0.119. The average Bonchev–Trinajstić information content (AvgIpc) is 2.62.